The zero-order valence-electron chi connectivity index (χ0n) is 14.6. The Kier molecular flexibility index (Phi) is 5.68. The molecule has 2 aromatic carbocycles. The minimum absolute atomic E-state index is 0.0137. The molecule has 0 amide bonds. The van der Waals surface area contributed by atoms with Gasteiger partial charge in [0, 0.05) is 11.9 Å². The second-order valence-corrected chi connectivity index (χ2v) is 6.71. The summed E-state index contributed by atoms with van der Waals surface area (Å²) in [5.41, 5.74) is 1.86. The Labute approximate surface area is 165 Å². The number of aryl methyl sites for hydroxylation is 1. The summed E-state index contributed by atoms with van der Waals surface area (Å²) < 4.78 is 20.3. The first-order valence-electron chi connectivity index (χ1n) is 8.00. The van der Waals surface area contributed by atoms with Crippen LogP contribution < -0.4 is 15.6 Å². The van der Waals surface area contributed by atoms with E-state index in [1.165, 1.54) is 18.3 Å². The smallest absolute Gasteiger partial charge is 0.293 e. The molecule has 0 bridgehead atoms. The highest BCUT2D eigenvalue weighted by atomic mass is 35.5. The van der Waals surface area contributed by atoms with E-state index in [1.54, 1.807) is 23.8 Å². The van der Waals surface area contributed by atoms with Crippen LogP contribution in [0.5, 0.6) is 5.75 Å². The first-order valence-corrected chi connectivity index (χ1v) is 8.75. The molecule has 3 rings (SSSR count). The Morgan fingerprint density at radius 3 is 2.63 bits per heavy atom. The predicted octanol–water partition coefficient (Wildman–Crippen LogP) is 4.80. The molecule has 0 saturated heterocycles. The molecule has 27 heavy (non-hydrogen) atoms. The number of nitrogens with one attached hydrogen (secondary N) is 1. The van der Waals surface area contributed by atoms with Crippen molar-refractivity contribution in [1.82, 2.24) is 9.55 Å². The lowest BCUT2D eigenvalue weighted by Gasteiger charge is -2.16. The molecule has 0 radical (unpaired) electrons. The van der Waals surface area contributed by atoms with Crippen LogP contribution in [0.15, 0.2) is 47.4 Å². The monoisotopic (exact) mass is 407 g/mol. The molecular formula is C19H16Cl2FN3O2. The second kappa shape index (κ2) is 7.98. The van der Waals surface area contributed by atoms with Gasteiger partial charge in [0.15, 0.2) is 0 Å². The summed E-state index contributed by atoms with van der Waals surface area (Å²) in [6.07, 6.45) is 1.48. The number of halogens is 3. The van der Waals surface area contributed by atoms with Gasteiger partial charge in [-0.15, -0.1) is 0 Å². The quantitative estimate of drug-likeness (QED) is 0.659. The van der Waals surface area contributed by atoms with Gasteiger partial charge in [0.1, 0.15) is 16.6 Å². The zero-order valence-corrected chi connectivity index (χ0v) is 16.1. The molecule has 0 spiro atoms. The van der Waals surface area contributed by atoms with Gasteiger partial charge >= 0.3 is 0 Å². The Bertz CT molecular complexity index is 1050. The summed E-state index contributed by atoms with van der Waals surface area (Å²) in [4.78, 5) is 15.9. The summed E-state index contributed by atoms with van der Waals surface area (Å²) in [7, 11) is 1.59. The Balaban J connectivity index is 1.98. The van der Waals surface area contributed by atoms with Crippen molar-refractivity contribution in [2.75, 3.05) is 12.4 Å². The first-order chi connectivity index (χ1) is 12.9. The number of hydrogen-bond donors (Lipinski definition) is 1. The summed E-state index contributed by atoms with van der Waals surface area (Å²) in [5, 5.41) is 3.14. The highest BCUT2D eigenvalue weighted by Gasteiger charge is 2.11. The standard InChI is InChI=1S/C19H16Cl2FN3O2/c1-11-7-13(27-2)4-6-17(11)23-19-24-18(26)15(21)10-25(19)9-12-3-5-16(22)14(20)8-12/h3-8,10H,9H2,1-2H3,(H,23,24,26). The van der Waals surface area contributed by atoms with Crippen LogP contribution in [0.25, 0.3) is 0 Å². The van der Waals surface area contributed by atoms with Crippen LogP contribution in [0.4, 0.5) is 16.0 Å². The maximum Gasteiger partial charge on any atom is 0.293 e. The zero-order chi connectivity index (χ0) is 19.6. The minimum Gasteiger partial charge on any atom is -0.497 e. The van der Waals surface area contributed by atoms with E-state index in [9.17, 15) is 9.18 Å². The average molecular weight is 408 g/mol. The molecule has 0 atom stereocenters. The van der Waals surface area contributed by atoms with Gasteiger partial charge in [0.05, 0.1) is 18.7 Å². The number of hydrogen-bond acceptors (Lipinski definition) is 4. The summed E-state index contributed by atoms with van der Waals surface area (Å²) in [5.74, 6) is 0.530. The number of aromatic nitrogens is 2. The normalized spacial score (nSPS) is 10.7. The fourth-order valence-electron chi connectivity index (χ4n) is 2.55. The van der Waals surface area contributed by atoms with Gasteiger partial charge in [0.25, 0.3) is 5.56 Å². The van der Waals surface area contributed by atoms with E-state index in [-0.39, 0.29) is 10.0 Å². The van der Waals surface area contributed by atoms with Crippen LogP contribution in [-0.4, -0.2) is 16.7 Å². The number of rotatable bonds is 5. The van der Waals surface area contributed by atoms with Crippen molar-refractivity contribution in [3.05, 3.63) is 79.9 Å². The van der Waals surface area contributed by atoms with Crippen LogP contribution in [-0.2, 0) is 6.54 Å². The number of anilines is 2. The van der Waals surface area contributed by atoms with E-state index in [0.29, 0.717) is 12.5 Å². The molecular weight excluding hydrogens is 392 g/mol. The number of methoxy groups -OCH3 is 1. The molecule has 8 heteroatoms. The fraction of sp³-hybridized carbons (Fsp3) is 0.158. The van der Waals surface area contributed by atoms with E-state index in [1.807, 2.05) is 19.1 Å². The third-order valence-corrected chi connectivity index (χ3v) is 4.52. The Morgan fingerprint density at radius 1 is 1.19 bits per heavy atom. The largest absolute Gasteiger partial charge is 0.497 e. The lowest BCUT2D eigenvalue weighted by atomic mass is 10.2. The van der Waals surface area contributed by atoms with E-state index in [0.717, 1.165) is 22.6 Å². The van der Waals surface area contributed by atoms with Gasteiger partial charge in [0.2, 0.25) is 5.95 Å². The molecule has 0 aliphatic carbocycles. The average Bonchev–Trinajstić information content (AvgIpc) is 2.64. The summed E-state index contributed by atoms with van der Waals surface area (Å²) in [6.45, 7) is 2.20. The van der Waals surface area contributed by atoms with Gasteiger partial charge in [-0.1, -0.05) is 29.3 Å². The SMILES string of the molecule is COc1ccc(Nc2nc(=O)c(Cl)cn2Cc2ccc(F)c(Cl)c2)c(C)c1. The number of ether oxygens (including phenoxy) is 1. The molecule has 0 aliphatic heterocycles. The minimum atomic E-state index is -0.543. The van der Waals surface area contributed by atoms with Crippen LogP contribution in [0.3, 0.4) is 0 Å². The molecule has 0 unspecified atom stereocenters. The molecule has 5 nitrogen and oxygen atoms in total. The molecule has 140 valence electrons. The Morgan fingerprint density at radius 2 is 1.96 bits per heavy atom. The molecule has 1 N–H and O–H groups in total. The third-order valence-electron chi connectivity index (χ3n) is 3.97. The molecule has 0 aliphatic rings. The molecule has 3 aromatic rings. The second-order valence-electron chi connectivity index (χ2n) is 5.90. The van der Waals surface area contributed by atoms with Crippen molar-refractivity contribution >= 4 is 34.8 Å². The summed E-state index contributed by atoms with van der Waals surface area (Å²) >= 11 is 11.8. The molecule has 0 saturated carbocycles. The van der Waals surface area contributed by atoms with E-state index in [2.05, 4.69) is 10.3 Å². The van der Waals surface area contributed by atoms with Crippen LogP contribution in [0.1, 0.15) is 11.1 Å². The topological polar surface area (TPSA) is 56.1 Å². The van der Waals surface area contributed by atoms with Crippen molar-refractivity contribution in [3.63, 3.8) is 0 Å². The van der Waals surface area contributed by atoms with Gasteiger partial charge < -0.3 is 14.6 Å². The van der Waals surface area contributed by atoms with E-state index >= 15 is 0 Å². The van der Waals surface area contributed by atoms with Crippen LogP contribution in [0, 0.1) is 12.7 Å². The highest BCUT2D eigenvalue weighted by Crippen LogP contribution is 2.25. The maximum absolute atomic E-state index is 13.4. The van der Waals surface area contributed by atoms with Gasteiger partial charge in [-0.05, 0) is 48.4 Å². The Hall–Kier alpha value is -2.57. The van der Waals surface area contributed by atoms with Gasteiger partial charge in [-0.2, -0.15) is 4.98 Å². The first kappa shape index (κ1) is 19.2. The van der Waals surface area contributed by atoms with Crippen molar-refractivity contribution < 1.29 is 9.13 Å². The lowest BCUT2D eigenvalue weighted by molar-refractivity contribution is 0.414. The van der Waals surface area contributed by atoms with E-state index in [4.69, 9.17) is 27.9 Å². The third kappa shape index (κ3) is 4.40. The van der Waals surface area contributed by atoms with Crippen LogP contribution in [0.2, 0.25) is 10.0 Å². The number of nitrogens with zero attached hydrogens (tertiary/aromatic N) is 2. The predicted molar refractivity (Wildman–Crippen MR) is 105 cm³/mol. The summed E-state index contributed by atoms with van der Waals surface area (Å²) in [6, 6.07) is 9.90. The van der Waals surface area contributed by atoms with Gasteiger partial charge in [-0.3, -0.25) is 4.79 Å². The van der Waals surface area contributed by atoms with Crippen molar-refractivity contribution in [2.24, 2.45) is 0 Å². The molecule has 1 heterocycles. The molecule has 0 fully saturated rings. The van der Waals surface area contributed by atoms with Crippen molar-refractivity contribution in [2.45, 2.75) is 13.5 Å². The molecule has 1 aromatic heterocycles. The maximum atomic E-state index is 13.4. The fourth-order valence-corrected chi connectivity index (χ4v) is 2.91. The van der Waals surface area contributed by atoms with Crippen molar-refractivity contribution in [3.8, 4) is 5.75 Å². The van der Waals surface area contributed by atoms with Crippen LogP contribution >= 0.6 is 23.2 Å². The lowest BCUT2D eigenvalue weighted by Crippen LogP contribution is -2.17. The highest BCUT2D eigenvalue weighted by molar-refractivity contribution is 6.30. The number of benzene rings is 2. The van der Waals surface area contributed by atoms with E-state index < -0.39 is 11.4 Å². The van der Waals surface area contributed by atoms with Crippen molar-refractivity contribution in [1.29, 1.82) is 0 Å². The van der Waals surface area contributed by atoms with Gasteiger partial charge in [-0.25, -0.2) is 4.39 Å².